The van der Waals surface area contributed by atoms with Crippen molar-refractivity contribution in [3.8, 4) is 11.3 Å². The number of aryl methyl sites for hydroxylation is 3. The van der Waals surface area contributed by atoms with Gasteiger partial charge in [-0.25, -0.2) is 4.68 Å². The Bertz CT molecular complexity index is 1460. The molecule has 0 saturated carbocycles. The number of ether oxygens (including phenoxy) is 1. The number of carbonyl (C=O) groups is 1. The van der Waals surface area contributed by atoms with Crippen molar-refractivity contribution in [2.75, 3.05) is 36.5 Å². The van der Waals surface area contributed by atoms with Crippen LogP contribution in [0.5, 0.6) is 0 Å². The fourth-order valence-corrected chi connectivity index (χ4v) is 4.13. The van der Waals surface area contributed by atoms with E-state index < -0.39 is 23.2 Å². The number of amides is 1. The number of anilines is 2. The third kappa shape index (κ3) is 5.43. The standard InChI is InChI=1S/C25H26F3N5O4/c1-4-32-14-16(11-19(23(32)35)25(26,27)28)22(34)29-17-6-5-15(2)18(12-17)20-13-21(24(36)31(3)30-20)33-7-9-37-10-8-33/h5-6,11-14H,4,7-10H2,1-3H3,(H,29,34). The van der Waals surface area contributed by atoms with Crippen LogP contribution in [0.2, 0.25) is 0 Å². The number of nitrogens with zero attached hydrogens (tertiary/aromatic N) is 4. The quantitative estimate of drug-likeness (QED) is 0.559. The number of halogens is 3. The van der Waals surface area contributed by atoms with Crippen LogP contribution in [0.4, 0.5) is 24.5 Å². The van der Waals surface area contributed by atoms with Crippen LogP contribution in [-0.4, -0.2) is 46.6 Å². The molecule has 1 amide bonds. The Morgan fingerprint density at radius 3 is 2.46 bits per heavy atom. The van der Waals surface area contributed by atoms with E-state index in [-0.39, 0.29) is 17.7 Å². The van der Waals surface area contributed by atoms with E-state index in [0.717, 1.165) is 16.3 Å². The van der Waals surface area contributed by atoms with Gasteiger partial charge in [-0.15, -0.1) is 0 Å². The summed E-state index contributed by atoms with van der Waals surface area (Å²) in [4.78, 5) is 39.6. The summed E-state index contributed by atoms with van der Waals surface area (Å²) in [5.74, 6) is -0.801. The lowest BCUT2D eigenvalue weighted by atomic mass is 10.0. The third-order valence-corrected chi connectivity index (χ3v) is 6.16. The van der Waals surface area contributed by atoms with Gasteiger partial charge in [0, 0.05) is 44.1 Å². The molecule has 0 spiro atoms. The number of carbonyl (C=O) groups excluding carboxylic acids is 1. The number of pyridine rings is 1. The number of hydrogen-bond donors (Lipinski definition) is 1. The lowest BCUT2D eigenvalue weighted by Gasteiger charge is -2.28. The van der Waals surface area contributed by atoms with E-state index in [1.807, 2.05) is 11.8 Å². The van der Waals surface area contributed by atoms with Gasteiger partial charge in [-0.05, 0) is 43.7 Å². The first-order valence-electron chi connectivity index (χ1n) is 11.6. The molecular formula is C25H26F3N5O4. The fourth-order valence-electron chi connectivity index (χ4n) is 4.13. The van der Waals surface area contributed by atoms with E-state index in [9.17, 15) is 27.6 Å². The van der Waals surface area contributed by atoms with Crippen LogP contribution in [0.3, 0.4) is 0 Å². The number of alkyl halides is 3. The van der Waals surface area contributed by atoms with Crippen LogP contribution < -0.4 is 21.3 Å². The molecule has 2 aromatic heterocycles. The molecular weight excluding hydrogens is 491 g/mol. The minimum Gasteiger partial charge on any atom is -0.378 e. The Balaban J connectivity index is 1.69. The Morgan fingerprint density at radius 1 is 1.11 bits per heavy atom. The lowest BCUT2D eigenvalue weighted by molar-refractivity contribution is -0.139. The third-order valence-electron chi connectivity index (χ3n) is 6.16. The average Bonchev–Trinajstić information content (AvgIpc) is 2.86. The summed E-state index contributed by atoms with van der Waals surface area (Å²) in [6.45, 7) is 5.46. The van der Waals surface area contributed by atoms with Crippen molar-refractivity contribution in [1.29, 1.82) is 0 Å². The molecule has 0 aliphatic carbocycles. The molecule has 0 bridgehead atoms. The molecule has 0 atom stereocenters. The number of aromatic nitrogens is 3. The zero-order valence-electron chi connectivity index (χ0n) is 20.6. The normalized spacial score (nSPS) is 14.1. The molecule has 0 unspecified atom stereocenters. The zero-order chi connectivity index (χ0) is 26.9. The van der Waals surface area contributed by atoms with Crippen LogP contribution in [0, 0.1) is 6.92 Å². The van der Waals surface area contributed by atoms with Gasteiger partial charge in [-0.3, -0.25) is 14.4 Å². The topological polar surface area (TPSA) is 98.5 Å². The Labute approximate surface area is 210 Å². The van der Waals surface area contributed by atoms with E-state index in [1.165, 1.54) is 11.6 Å². The highest BCUT2D eigenvalue weighted by molar-refractivity contribution is 6.04. The van der Waals surface area contributed by atoms with Crippen molar-refractivity contribution in [2.24, 2.45) is 7.05 Å². The number of hydrogen-bond acceptors (Lipinski definition) is 6. The molecule has 1 fully saturated rings. The van der Waals surface area contributed by atoms with Gasteiger partial charge in [-0.1, -0.05) is 6.07 Å². The van der Waals surface area contributed by atoms with Crippen LogP contribution in [0.25, 0.3) is 11.3 Å². The predicted molar refractivity (Wildman–Crippen MR) is 132 cm³/mol. The monoisotopic (exact) mass is 517 g/mol. The molecule has 12 heteroatoms. The molecule has 9 nitrogen and oxygen atoms in total. The molecule has 1 aromatic carbocycles. The lowest BCUT2D eigenvalue weighted by Crippen LogP contribution is -2.40. The highest BCUT2D eigenvalue weighted by Crippen LogP contribution is 2.29. The Morgan fingerprint density at radius 2 is 1.81 bits per heavy atom. The maximum atomic E-state index is 13.4. The highest BCUT2D eigenvalue weighted by atomic mass is 19.4. The van der Waals surface area contributed by atoms with Crippen LogP contribution in [-0.2, 0) is 24.5 Å². The van der Waals surface area contributed by atoms with Crippen molar-refractivity contribution in [3.05, 3.63) is 73.9 Å². The van der Waals surface area contributed by atoms with Gasteiger partial charge in [0.15, 0.2) is 0 Å². The zero-order valence-corrected chi connectivity index (χ0v) is 20.6. The van der Waals surface area contributed by atoms with E-state index in [0.29, 0.717) is 55.0 Å². The fraction of sp³-hybridized carbons (Fsp3) is 0.360. The molecule has 1 aliphatic heterocycles. The van der Waals surface area contributed by atoms with Gasteiger partial charge in [-0.2, -0.15) is 18.3 Å². The molecule has 4 rings (SSSR count). The van der Waals surface area contributed by atoms with Gasteiger partial charge < -0.3 is 19.5 Å². The van der Waals surface area contributed by atoms with Crippen LogP contribution in [0.15, 0.2) is 46.1 Å². The van der Waals surface area contributed by atoms with E-state index in [1.54, 1.807) is 31.3 Å². The average molecular weight is 518 g/mol. The summed E-state index contributed by atoms with van der Waals surface area (Å²) in [6, 6.07) is 7.24. The summed E-state index contributed by atoms with van der Waals surface area (Å²) >= 11 is 0. The molecule has 1 N–H and O–H groups in total. The van der Waals surface area contributed by atoms with Gasteiger partial charge in [0.1, 0.15) is 11.3 Å². The van der Waals surface area contributed by atoms with Crippen molar-refractivity contribution >= 4 is 17.3 Å². The smallest absolute Gasteiger partial charge is 0.378 e. The van der Waals surface area contributed by atoms with Gasteiger partial charge >= 0.3 is 6.18 Å². The Hall–Kier alpha value is -3.93. The SMILES string of the molecule is CCn1cc(C(=O)Nc2ccc(C)c(-c3cc(N4CCOCC4)c(=O)n(C)n3)c2)cc(C(F)(F)F)c1=O. The minimum absolute atomic E-state index is 0.0262. The molecule has 0 radical (unpaired) electrons. The molecule has 196 valence electrons. The van der Waals surface area contributed by atoms with E-state index >= 15 is 0 Å². The number of rotatable bonds is 5. The molecule has 1 aliphatic rings. The summed E-state index contributed by atoms with van der Waals surface area (Å²) in [7, 11) is 1.55. The first-order valence-corrected chi connectivity index (χ1v) is 11.6. The van der Waals surface area contributed by atoms with Crippen LogP contribution >= 0.6 is 0 Å². The Kier molecular flexibility index (Phi) is 7.21. The summed E-state index contributed by atoms with van der Waals surface area (Å²) in [5, 5.41) is 6.98. The van der Waals surface area contributed by atoms with Crippen molar-refractivity contribution in [2.45, 2.75) is 26.6 Å². The summed E-state index contributed by atoms with van der Waals surface area (Å²) in [5.41, 5.74) is -0.421. The second-order valence-electron chi connectivity index (χ2n) is 8.66. The highest BCUT2D eigenvalue weighted by Gasteiger charge is 2.35. The van der Waals surface area contributed by atoms with Gasteiger partial charge in [0.2, 0.25) is 0 Å². The first-order chi connectivity index (χ1) is 17.5. The predicted octanol–water partition coefficient (Wildman–Crippen LogP) is 3.05. The van der Waals surface area contributed by atoms with Gasteiger partial charge in [0.25, 0.3) is 17.0 Å². The first kappa shape index (κ1) is 26.1. The van der Waals surface area contributed by atoms with E-state index in [2.05, 4.69) is 10.4 Å². The van der Waals surface area contributed by atoms with Crippen molar-refractivity contribution < 1.29 is 22.7 Å². The molecule has 3 heterocycles. The molecule has 1 saturated heterocycles. The molecule has 3 aromatic rings. The molecule has 37 heavy (non-hydrogen) atoms. The second kappa shape index (κ2) is 10.2. The maximum Gasteiger partial charge on any atom is 0.421 e. The summed E-state index contributed by atoms with van der Waals surface area (Å²) < 4.78 is 47.6. The number of benzene rings is 1. The number of morpholine rings is 1. The van der Waals surface area contributed by atoms with Crippen molar-refractivity contribution in [3.63, 3.8) is 0 Å². The van der Waals surface area contributed by atoms with Crippen molar-refractivity contribution in [1.82, 2.24) is 14.3 Å². The summed E-state index contributed by atoms with van der Waals surface area (Å²) in [6.07, 6.45) is -3.79. The minimum atomic E-state index is -4.89. The van der Waals surface area contributed by atoms with Crippen LogP contribution in [0.1, 0.15) is 28.4 Å². The number of nitrogens with one attached hydrogen (secondary N) is 1. The maximum absolute atomic E-state index is 13.4. The second-order valence-corrected chi connectivity index (χ2v) is 8.66. The van der Waals surface area contributed by atoms with E-state index in [4.69, 9.17) is 4.74 Å². The van der Waals surface area contributed by atoms with Gasteiger partial charge in [0.05, 0.1) is 24.5 Å². The largest absolute Gasteiger partial charge is 0.421 e.